The molecule has 1 atom stereocenters. The van der Waals surface area contributed by atoms with Gasteiger partial charge in [-0.25, -0.2) is 4.79 Å². The van der Waals surface area contributed by atoms with Gasteiger partial charge in [0.2, 0.25) is 0 Å². The number of benzene rings is 2. The average molecular weight is 402 g/mol. The average Bonchev–Trinajstić information content (AvgIpc) is 2.72. The van der Waals surface area contributed by atoms with E-state index in [0.29, 0.717) is 23.4 Å². The lowest BCUT2D eigenvalue weighted by Gasteiger charge is -2.16. The number of carbonyl (C=O) groups is 2. The zero-order valence-corrected chi connectivity index (χ0v) is 16.3. The summed E-state index contributed by atoms with van der Waals surface area (Å²) in [4.78, 5) is 34.8. The lowest BCUT2D eigenvalue weighted by Crippen LogP contribution is -2.31. The molecule has 0 fully saturated rings. The van der Waals surface area contributed by atoms with Crippen LogP contribution < -0.4 is 14.8 Å². The number of ether oxygens (including phenoxy) is 3. The number of rotatable bonds is 9. The molecular formula is C20H22N2O7. The maximum absolute atomic E-state index is 12.2. The topological polar surface area (TPSA) is 117 Å². The number of methoxy groups -OCH3 is 1. The standard InChI is InChI=1S/C20H22N2O7/c1-4-17(29-14-8-6-5-7-9-14)20(24)28-12-19(23)21-15-11-18(27-3)16(22(25)26)10-13(15)2/h5-11,17H,4,12H2,1-3H3,(H,21,23)/t17-/m1/s1. The van der Waals surface area contributed by atoms with Crippen molar-refractivity contribution in [2.24, 2.45) is 0 Å². The molecule has 0 aliphatic rings. The van der Waals surface area contributed by atoms with Gasteiger partial charge >= 0.3 is 11.7 Å². The summed E-state index contributed by atoms with van der Waals surface area (Å²) >= 11 is 0. The summed E-state index contributed by atoms with van der Waals surface area (Å²) in [5.41, 5.74) is 0.579. The molecule has 0 aromatic heterocycles. The highest BCUT2D eigenvalue weighted by Gasteiger charge is 2.22. The van der Waals surface area contributed by atoms with Crippen LogP contribution in [-0.2, 0) is 14.3 Å². The molecule has 0 spiro atoms. The van der Waals surface area contributed by atoms with Crippen molar-refractivity contribution in [1.29, 1.82) is 0 Å². The number of aryl methyl sites for hydroxylation is 1. The van der Waals surface area contributed by atoms with E-state index in [9.17, 15) is 19.7 Å². The Kier molecular flexibility index (Phi) is 7.53. The van der Waals surface area contributed by atoms with Crippen molar-refractivity contribution in [3.8, 4) is 11.5 Å². The van der Waals surface area contributed by atoms with E-state index in [1.165, 1.54) is 19.2 Å². The molecule has 2 aromatic rings. The van der Waals surface area contributed by atoms with Crippen LogP contribution in [0, 0.1) is 17.0 Å². The van der Waals surface area contributed by atoms with Crippen LogP contribution in [0.25, 0.3) is 0 Å². The summed E-state index contributed by atoms with van der Waals surface area (Å²) in [6.45, 7) is 2.85. The van der Waals surface area contributed by atoms with Crippen molar-refractivity contribution in [1.82, 2.24) is 0 Å². The van der Waals surface area contributed by atoms with Crippen LogP contribution in [0.15, 0.2) is 42.5 Å². The van der Waals surface area contributed by atoms with Crippen molar-refractivity contribution < 1.29 is 28.7 Å². The van der Waals surface area contributed by atoms with Crippen LogP contribution in [0.5, 0.6) is 11.5 Å². The van der Waals surface area contributed by atoms with Crippen molar-refractivity contribution in [2.75, 3.05) is 19.0 Å². The second kappa shape index (κ2) is 10.1. The number of esters is 1. The number of amides is 1. The first-order chi connectivity index (χ1) is 13.8. The summed E-state index contributed by atoms with van der Waals surface area (Å²) in [5.74, 6) is -0.721. The minimum absolute atomic E-state index is 0.00945. The van der Waals surface area contributed by atoms with Gasteiger partial charge in [0.05, 0.1) is 12.0 Å². The fraction of sp³-hybridized carbons (Fsp3) is 0.300. The number of para-hydroxylation sites is 1. The Bertz CT molecular complexity index is 884. The largest absolute Gasteiger partial charge is 0.490 e. The molecule has 0 heterocycles. The minimum atomic E-state index is -0.841. The van der Waals surface area contributed by atoms with E-state index >= 15 is 0 Å². The number of anilines is 1. The molecule has 9 nitrogen and oxygen atoms in total. The van der Waals surface area contributed by atoms with Gasteiger partial charge < -0.3 is 19.5 Å². The van der Waals surface area contributed by atoms with Crippen LogP contribution >= 0.6 is 0 Å². The third kappa shape index (κ3) is 5.93. The fourth-order valence-corrected chi connectivity index (χ4v) is 2.49. The van der Waals surface area contributed by atoms with Gasteiger partial charge in [-0.3, -0.25) is 14.9 Å². The van der Waals surface area contributed by atoms with Gasteiger partial charge in [-0.1, -0.05) is 25.1 Å². The first kappa shape index (κ1) is 21.7. The van der Waals surface area contributed by atoms with Gasteiger partial charge in [0, 0.05) is 17.8 Å². The summed E-state index contributed by atoms with van der Waals surface area (Å²) in [6, 6.07) is 11.5. The van der Waals surface area contributed by atoms with Crippen LogP contribution in [0.4, 0.5) is 11.4 Å². The van der Waals surface area contributed by atoms with Crippen molar-refractivity contribution in [2.45, 2.75) is 26.4 Å². The van der Waals surface area contributed by atoms with Gasteiger partial charge in [-0.2, -0.15) is 0 Å². The monoisotopic (exact) mass is 402 g/mol. The van der Waals surface area contributed by atoms with E-state index in [2.05, 4.69) is 5.32 Å². The van der Waals surface area contributed by atoms with Gasteiger partial charge in [-0.05, 0) is 31.0 Å². The van der Waals surface area contributed by atoms with Crippen molar-refractivity contribution in [3.05, 3.63) is 58.1 Å². The Labute approximate surface area is 167 Å². The van der Waals surface area contributed by atoms with E-state index in [0.717, 1.165) is 0 Å². The van der Waals surface area contributed by atoms with E-state index in [1.54, 1.807) is 38.1 Å². The normalized spacial score (nSPS) is 11.3. The SMILES string of the molecule is CC[C@@H](Oc1ccccc1)C(=O)OCC(=O)Nc1cc(OC)c([N+](=O)[O-])cc1C. The molecule has 2 rings (SSSR count). The molecule has 9 heteroatoms. The van der Waals surface area contributed by atoms with Crippen LogP contribution in [0.3, 0.4) is 0 Å². The summed E-state index contributed by atoms with van der Waals surface area (Å²) in [6.07, 6.45) is -0.472. The number of nitro benzene ring substituents is 1. The van der Waals surface area contributed by atoms with Gasteiger partial charge in [0.1, 0.15) is 5.75 Å². The molecule has 0 saturated heterocycles. The Balaban J connectivity index is 1.96. The lowest BCUT2D eigenvalue weighted by atomic mass is 10.1. The Morgan fingerprint density at radius 1 is 1.21 bits per heavy atom. The van der Waals surface area contributed by atoms with E-state index in [1.807, 2.05) is 6.07 Å². The highest BCUT2D eigenvalue weighted by atomic mass is 16.6. The predicted octanol–water partition coefficient (Wildman–Crippen LogP) is 3.25. The van der Waals surface area contributed by atoms with Crippen LogP contribution in [0.2, 0.25) is 0 Å². The second-order valence-electron chi connectivity index (χ2n) is 6.08. The summed E-state index contributed by atoms with van der Waals surface area (Å²) in [7, 11) is 1.29. The van der Waals surface area contributed by atoms with Gasteiger partial charge in [0.15, 0.2) is 18.5 Å². The molecule has 0 aliphatic carbocycles. The third-order valence-corrected chi connectivity index (χ3v) is 4.00. The van der Waals surface area contributed by atoms with Crippen LogP contribution in [0.1, 0.15) is 18.9 Å². The van der Waals surface area contributed by atoms with E-state index in [-0.39, 0.29) is 11.4 Å². The van der Waals surface area contributed by atoms with Crippen LogP contribution in [-0.4, -0.2) is 36.6 Å². The number of hydrogen-bond donors (Lipinski definition) is 1. The molecule has 0 unspecified atom stereocenters. The fourth-order valence-electron chi connectivity index (χ4n) is 2.49. The first-order valence-electron chi connectivity index (χ1n) is 8.86. The molecule has 1 amide bonds. The summed E-state index contributed by atoms with van der Waals surface area (Å²) < 4.78 is 15.6. The maximum atomic E-state index is 12.2. The number of nitrogens with one attached hydrogen (secondary N) is 1. The van der Waals surface area contributed by atoms with Crippen molar-refractivity contribution in [3.63, 3.8) is 0 Å². The first-order valence-corrected chi connectivity index (χ1v) is 8.86. The van der Waals surface area contributed by atoms with E-state index < -0.39 is 29.5 Å². The number of carbonyl (C=O) groups excluding carboxylic acids is 2. The zero-order chi connectivity index (χ0) is 21.4. The van der Waals surface area contributed by atoms with E-state index in [4.69, 9.17) is 14.2 Å². The summed E-state index contributed by atoms with van der Waals surface area (Å²) in [5, 5.41) is 13.6. The third-order valence-electron chi connectivity index (χ3n) is 4.00. The Morgan fingerprint density at radius 3 is 2.48 bits per heavy atom. The molecule has 2 aromatic carbocycles. The highest BCUT2D eigenvalue weighted by Crippen LogP contribution is 2.32. The maximum Gasteiger partial charge on any atom is 0.347 e. The molecule has 0 radical (unpaired) electrons. The molecule has 29 heavy (non-hydrogen) atoms. The Morgan fingerprint density at radius 2 is 1.90 bits per heavy atom. The molecular weight excluding hydrogens is 380 g/mol. The molecule has 0 saturated carbocycles. The molecule has 154 valence electrons. The van der Waals surface area contributed by atoms with Gasteiger partial charge in [-0.15, -0.1) is 0 Å². The van der Waals surface area contributed by atoms with Crippen molar-refractivity contribution >= 4 is 23.3 Å². The smallest absolute Gasteiger partial charge is 0.347 e. The lowest BCUT2D eigenvalue weighted by molar-refractivity contribution is -0.385. The quantitative estimate of drug-likeness (QED) is 0.389. The molecule has 0 bridgehead atoms. The zero-order valence-electron chi connectivity index (χ0n) is 16.3. The second-order valence-corrected chi connectivity index (χ2v) is 6.08. The number of nitro groups is 1. The highest BCUT2D eigenvalue weighted by molar-refractivity contribution is 5.94. The molecule has 1 N–H and O–H groups in total. The number of hydrogen-bond acceptors (Lipinski definition) is 7. The Hall–Kier alpha value is -3.62. The minimum Gasteiger partial charge on any atom is -0.490 e. The predicted molar refractivity (Wildman–Crippen MR) is 105 cm³/mol. The molecule has 0 aliphatic heterocycles. The van der Waals surface area contributed by atoms with Gasteiger partial charge in [0.25, 0.3) is 5.91 Å². The number of nitrogens with zero attached hydrogens (tertiary/aromatic N) is 1.